The normalized spacial score (nSPS) is 11.6. The summed E-state index contributed by atoms with van der Waals surface area (Å²) in [7, 11) is 0. The fraction of sp³-hybridized carbons (Fsp3) is 0.118. The molecule has 1 aromatic carbocycles. The lowest BCUT2D eigenvalue weighted by atomic mass is 10.1. The van der Waals surface area contributed by atoms with E-state index in [1.807, 2.05) is 43.3 Å². The Kier molecular flexibility index (Phi) is 3.36. The lowest BCUT2D eigenvalue weighted by Gasteiger charge is -2.03. The van der Waals surface area contributed by atoms with E-state index in [0.29, 0.717) is 11.5 Å². The van der Waals surface area contributed by atoms with E-state index >= 15 is 0 Å². The van der Waals surface area contributed by atoms with Gasteiger partial charge in [-0.2, -0.15) is 5.26 Å². The summed E-state index contributed by atoms with van der Waals surface area (Å²) >= 11 is 0. The Morgan fingerprint density at radius 2 is 2.18 bits per heavy atom. The molecule has 2 aromatic heterocycles. The number of benzene rings is 1. The number of aromatic nitrogens is 2. The number of hydrogen-bond donors (Lipinski definition) is 1. The summed E-state index contributed by atoms with van der Waals surface area (Å²) < 4.78 is 5.49. The van der Waals surface area contributed by atoms with E-state index in [9.17, 15) is 4.79 Å². The molecular formula is C17H13N3O2. The number of nitrogens with one attached hydrogen (secondary N) is 1. The van der Waals surface area contributed by atoms with Crippen LogP contribution in [-0.2, 0) is 0 Å². The summed E-state index contributed by atoms with van der Waals surface area (Å²) in [5.41, 5.74) is 2.55. The minimum absolute atomic E-state index is 0.0466. The van der Waals surface area contributed by atoms with E-state index < -0.39 is 5.56 Å². The van der Waals surface area contributed by atoms with Gasteiger partial charge in [0.05, 0.1) is 12.0 Å². The third-order valence-electron chi connectivity index (χ3n) is 3.47. The molecule has 0 saturated heterocycles. The predicted octanol–water partition coefficient (Wildman–Crippen LogP) is 3.26. The molecule has 0 radical (unpaired) electrons. The van der Waals surface area contributed by atoms with E-state index in [-0.39, 0.29) is 5.56 Å². The van der Waals surface area contributed by atoms with Crippen LogP contribution >= 0.6 is 0 Å². The smallest absolute Gasteiger partial charge is 0.269 e. The maximum Gasteiger partial charge on any atom is 0.269 e. The van der Waals surface area contributed by atoms with Crippen LogP contribution in [0.2, 0.25) is 0 Å². The Balaban J connectivity index is 2.09. The molecule has 22 heavy (non-hydrogen) atoms. The molecule has 2 heterocycles. The molecule has 0 aliphatic heterocycles. The minimum atomic E-state index is -0.421. The van der Waals surface area contributed by atoms with Gasteiger partial charge in [-0.05, 0) is 31.6 Å². The molecule has 0 atom stereocenters. The van der Waals surface area contributed by atoms with Crippen LogP contribution in [0.15, 0.2) is 39.7 Å². The van der Waals surface area contributed by atoms with Gasteiger partial charge >= 0.3 is 0 Å². The molecule has 1 N–H and O–H groups in total. The molecule has 0 aliphatic carbocycles. The molecule has 0 spiro atoms. The summed E-state index contributed by atoms with van der Waals surface area (Å²) in [6, 6.07) is 9.58. The number of aromatic amines is 1. The first-order chi connectivity index (χ1) is 10.6. The molecule has 5 heteroatoms. The standard InChI is InChI=1S/C17H13N3O2/c1-10(16-19-11(2)14(8-18)17(21)20-16)7-12-9-22-15-6-4-3-5-13(12)15/h3-7,9H,1-2H3,(H,19,20,21). The topological polar surface area (TPSA) is 82.7 Å². The van der Waals surface area contributed by atoms with Crippen molar-refractivity contribution in [3.63, 3.8) is 0 Å². The number of para-hydroxylation sites is 1. The number of allylic oxidation sites excluding steroid dienone is 1. The van der Waals surface area contributed by atoms with Crippen molar-refractivity contribution in [1.29, 1.82) is 5.26 Å². The van der Waals surface area contributed by atoms with Crippen LogP contribution in [0.25, 0.3) is 22.6 Å². The highest BCUT2D eigenvalue weighted by molar-refractivity contribution is 5.92. The number of aryl methyl sites for hydroxylation is 1. The Labute approximate surface area is 126 Å². The fourth-order valence-corrected chi connectivity index (χ4v) is 2.32. The van der Waals surface area contributed by atoms with Gasteiger partial charge in [0.25, 0.3) is 5.56 Å². The van der Waals surface area contributed by atoms with Crippen molar-refractivity contribution in [2.75, 3.05) is 0 Å². The fourth-order valence-electron chi connectivity index (χ4n) is 2.32. The van der Waals surface area contributed by atoms with Crippen molar-refractivity contribution in [3.05, 3.63) is 63.5 Å². The van der Waals surface area contributed by atoms with Crippen LogP contribution in [0.5, 0.6) is 0 Å². The first kappa shape index (κ1) is 13.8. The number of hydrogen-bond acceptors (Lipinski definition) is 4. The Morgan fingerprint density at radius 3 is 2.91 bits per heavy atom. The van der Waals surface area contributed by atoms with Gasteiger partial charge in [0.2, 0.25) is 0 Å². The molecule has 3 aromatic rings. The van der Waals surface area contributed by atoms with Crippen molar-refractivity contribution in [2.45, 2.75) is 13.8 Å². The molecule has 0 fully saturated rings. The van der Waals surface area contributed by atoms with E-state index in [2.05, 4.69) is 9.97 Å². The molecule has 3 rings (SSSR count). The largest absolute Gasteiger partial charge is 0.464 e. The van der Waals surface area contributed by atoms with Gasteiger partial charge in [-0.15, -0.1) is 0 Å². The third-order valence-corrected chi connectivity index (χ3v) is 3.47. The molecule has 0 unspecified atom stereocenters. The monoisotopic (exact) mass is 291 g/mol. The van der Waals surface area contributed by atoms with Gasteiger partial charge in [0.1, 0.15) is 23.0 Å². The molecule has 0 amide bonds. The highest BCUT2D eigenvalue weighted by Gasteiger charge is 2.09. The third kappa shape index (κ3) is 2.31. The predicted molar refractivity (Wildman–Crippen MR) is 84.1 cm³/mol. The zero-order valence-electron chi connectivity index (χ0n) is 12.2. The van der Waals surface area contributed by atoms with Gasteiger partial charge in [-0.1, -0.05) is 18.2 Å². The van der Waals surface area contributed by atoms with Crippen molar-refractivity contribution < 1.29 is 4.42 Å². The second-order valence-corrected chi connectivity index (χ2v) is 5.00. The minimum Gasteiger partial charge on any atom is -0.464 e. The second kappa shape index (κ2) is 5.34. The van der Waals surface area contributed by atoms with E-state index in [1.165, 1.54) is 0 Å². The Bertz CT molecular complexity index is 987. The van der Waals surface area contributed by atoms with Crippen LogP contribution in [0, 0.1) is 18.3 Å². The van der Waals surface area contributed by atoms with Crippen molar-refractivity contribution >= 4 is 22.6 Å². The van der Waals surface area contributed by atoms with Crippen molar-refractivity contribution in [1.82, 2.24) is 9.97 Å². The number of nitriles is 1. The summed E-state index contributed by atoms with van der Waals surface area (Å²) in [6.07, 6.45) is 3.57. The van der Waals surface area contributed by atoms with E-state index in [1.54, 1.807) is 13.2 Å². The van der Waals surface area contributed by atoms with Gasteiger partial charge in [-0.3, -0.25) is 4.79 Å². The first-order valence-electron chi connectivity index (χ1n) is 6.76. The van der Waals surface area contributed by atoms with Crippen LogP contribution in [0.1, 0.15) is 29.6 Å². The van der Waals surface area contributed by atoms with Crippen molar-refractivity contribution in [2.24, 2.45) is 0 Å². The second-order valence-electron chi connectivity index (χ2n) is 5.00. The zero-order chi connectivity index (χ0) is 15.7. The molecule has 5 nitrogen and oxygen atoms in total. The highest BCUT2D eigenvalue weighted by Crippen LogP contribution is 2.24. The summed E-state index contributed by atoms with van der Waals surface area (Å²) in [5.74, 6) is 0.451. The quantitative estimate of drug-likeness (QED) is 0.785. The maximum absolute atomic E-state index is 11.8. The SMILES string of the molecule is CC(=Cc1coc2ccccc12)c1nc(C)c(C#N)c(=O)[nH]1. The average Bonchev–Trinajstić information content (AvgIpc) is 2.90. The number of rotatable bonds is 2. The molecule has 0 aliphatic rings. The Morgan fingerprint density at radius 1 is 1.41 bits per heavy atom. The van der Waals surface area contributed by atoms with E-state index in [4.69, 9.17) is 9.68 Å². The van der Waals surface area contributed by atoms with Gasteiger partial charge < -0.3 is 9.40 Å². The van der Waals surface area contributed by atoms with Crippen LogP contribution < -0.4 is 5.56 Å². The Hall–Kier alpha value is -3.13. The van der Waals surface area contributed by atoms with E-state index in [0.717, 1.165) is 22.1 Å². The molecular weight excluding hydrogens is 278 g/mol. The lowest BCUT2D eigenvalue weighted by Crippen LogP contribution is -2.16. The van der Waals surface area contributed by atoms with Gasteiger partial charge in [0, 0.05) is 10.9 Å². The summed E-state index contributed by atoms with van der Waals surface area (Å²) in [4.78, 5) is 18.8. The summed E-state index contributed by atoms with van der Waals surface area (Å²) in [6.45, 7) is 3.50. The molecule has 0 saturated carbocycles. The average molecular weight is 291 g/mol. The number of furan rings is 1. The van der Waals surface area contributed by atoms with Crippen LogP contribution in [0.3, 0.4) is 0 Å². The number of nitrogens with zero attached hydrogens (tertiary/aromatic N) is 2. The zero-order valence-corrected chi connectivity index (χ0v) is 12.2. The van der Waals surface area contributed by atoms with Gasteiger partial charge in [0.15, 0.2) is 0 Å². The summed E-state index contributed by atoms with van der Waals surface area (Å²) in [5, 5.41) is 9.91. The lowest BCUT2D eigenvalue weighted by molar-refractivity contribution is 0.615. The number of H-pyrrole nitrogens is 1. The molecule has 108 valence electrons. The van der Waals surface area contributed by atoms with Crippen LogP contribution in [-0.4, -0.2) is 9.97 Å². The van der Waals surface area contributed by atoms with Crippen LogP contribution in [0.4, 0.5) is 0 Å². The maximum atomic E-state index is 11.8. The first-order valence-corrected chi connectivity index (χ1v) is 6.76. The highest BCUT2D eigenvalue weighted by atomic mass is 16.3. The van der Waals surface area contributed by atoms with Gasteiger partial charge in [-0.25, -0.2) is 4.98 Å². The molecule has 0 bridgehead atoms. The number of fused-ring (bicyclic) bond motifs is 1. The van der Waals surface area contributed by atoms with Crippen molar-refractivity contribution in [3.8, 4) is 6.07 Å².